The summed E-state index contributed by atoms with van der Waals surface area (Å²) in [5.74, 6) is -0.332. The minimum atomic E-state index is -0.332. The van der Waals surface area contributed by atoms with Gasteiger partial charge in [0.05, 0.1) is 12.9 Å². The second-order valence-electron chi connectivity index (χ2n) is 3.48. The number of hydrogen-bond donors (Lipinski definition) is 0. The molecule has 0 saturated heterocycles. The molecule has 0 saturated carbocycles. The smallest absolute Gasteiger partial charge is 0.333 e. The highest BCUT2D eigenvalue weighted by Gasteiger charge is 2.13. The molecule has 0 aromatic carbocycles. The number of aromatic nitrogens is 2. The van der Waals surface area contributed by atoms with E-state index in [9.17, 15) is 4.79 Å². The van der Waals surface area contributed by atoms with Crippen LogP contribution in [0.15, 0.2) is 30.9 Å². The Bertz CT molecular complexity index is 330. The molecule has 82 valence electrons. The molecular formula is C11H16N2O2. The van der Waals surface area contributed by atoms with Crippen LogP contribution in [0.5, 0.6) is 0 Å². The Morgan fingerprint density at radius 1 is 1.67 bits per heavy atom. The summed E-state index contributed by atoms with van der Waals surface area (Å²) in [5, 5.41) is 0. The number of hydrogen-bond acceptors (Lipinski definition) is 3. The fourth-order valence-corrected chi connectivity index (χ4v) is 1.13. The molecule has 1 aromatic heterocycles. The van der Waals surface area contributed by atoms with Gasteiger partial charge in [0, 0.05) is 18.0 Å². The lowest BCUT2D eigenvalue weighted by Gasteiger charge is -2.16. The van der Waals surface area contributed by atoms with Gasteiger partial charge in [-0.1, -0.05) is 13.5 Å². The van der Waals surface area contributed by atoms with Crippen molar-refractivity contribution in [2.24, 2.45) is 0 Å². The van der Waals surface area contributed by atoms with Crippen molar-refractivity contribution in [3.63, 3.8) is 0 Å². The van der Waals surface area contributed by atoms with Crippen molar-refractivity contribution in [1.82, 2.24) is 9.55 Å². The van der Waals surface area contributed by atoms with E-state index in [1.54, 1.807) is 19.4 Å². The summed E-state index contributed by atoms with van der Waals surface area (Å²) >= 11 is 0. The number of carbonyl (C=O) groups is 1. The van der Waals surface area contributed by atoms with E-state index in [0.717, 1.165) is 6.42 Å². The Balaban J connectivity index is 2.50. The van der Waals surface area contributed by atoms with E-state index in [2.05, 4.69) is 11.6 Å². The average molecular weight is 208 g/mol. The highest BCUT2D eigenvalue weighted by Crippen LogP contribution is 2.05. The maximum atomic E-state index is 11.3. The van der Waals surface area contributed by atoms with E-state index in [-0.39, 0.29) is 12.1 Å². The summed E-state index contributed by atoms with van der Waals surface area (Å²) in [5.41, 5.74) is 0.430. The zero-order valence-electron chi connectivity index (χ0n) is 9.14. The van der Waals surface area contributed by atoms with E-state index in [0.29, 0.717) is 12.1 Å². The summed E-state index contributed by atoms with van der Waals surface area (Å²) in [6, 6.07) is 0. The molecule has 1 aromatic rings. The van der Waals surface area contributed by atoms with Crippen molar-refractivity contribution in [3.8, 4) is 0 Å². The van der Waals surface area contributed by atoms with Gasteiger partial charge in [0.1, 0.15) is 6.10 Å². The second-order valence-corrected chi connectivity index (χ2v) is 3.48. The SMILES string of the molecule is C=C(C)C(=O)OC(CC)Cn1ccnc1. The van der Waals surface area contributed by atoms with Crippen LogP contribution in [0.2, 0.25) is 0 Å². The van der Waals surface area contributed by atoms with Gasteiger partial charge in [-0.25, -0.2) is 9.78 Å². The molecule has 1 atom stereocenters. The quantitative estimate of drug-likeness (QED) is 0.547. The molecule has 4 heteroatoms. The maximum Gasteiger partial charge on any atom is 0.333 e. The zero-order chi connectivity index (χ0) is 11.3. The number of nitrogens with zero attached hydrogens (tertiary/aromatic N) is 2. The van der Waals surface area contributed by atoms with Gasteiger partial charge in [-0.2, -0.15) is 0 Å². The summed E-state index contributed by atoms with van der Waals surface area (Å²) in [4.78, 5) is 15.2. The van der Waals surface area contributed by atoms with Crippen molar-refractivity contribution in [2.45, 2.75) is 32.9 Å². The molecule has 0 aliphatic carbocycles. The van der Waals surface area contributed by atoms with Crippen molar-refractivity contribution in [3.05, 3.63) is 30.9 Å². The third-order valence-corrected chi connectivity index (χ3v) is 2.05. The zero-order valence-corrected chi connectivity index (χ0v) is 9.14. The molecule has 0 aliphatic heterocycles. The second kappa shape index (κ2) is 5.34. The standard InChI is InChI=1S/C11H16N2O2/c1-4-10(15-11(14)9(2)3)7-13-6-5-12-8-13/h5-6,8,10H,2,4,7H2,1,3H3. The predicted molar refractivity (Wildman–Crippen MR) is 57.2 cm³/mol. The Morgan fingerprint density at radius 2 is 2.40 bits per heavy atom. The Kier molecular flexibility index (Phi) is 4.09. The number of rotatable bonds is 5. The predicted octanol–water partition coefficient (Wildman–Crippen LogP) is 1.78. The van der Waals surface area contributed by atoms with Crippen LogP contribution in [0.1, 0.15) is 20.3 Å². The molecular weight excluding hydrogens is 192 g/mol. The molecule has 0 aliphatic rings. The van der Waals surface area contributed by atoms with Crippen LogP contribution in [-0.4, -0.2) is 21.6 Å². The largest absolute Gasteiger partial charge is 0.457 e. The summed E-state index contributed by atoms with van der Waals surface area (Å²) in [6.07, 6.45) is 5.90. The van der Waals surface area contributed by atoms with Gasteiger partial charge >= 0.3 is 5.97 Å². The van der Waals surface area contributed by atoms with Gasteiger partial charge in [0.2, 0.25) is 0 Å². The van der Waals surface area contributed by atoms with E-state index in [1.807, 2.05) is 17.7 Å². The number of carbonyl (C=O) groups excluding carboxylic acids is 1. The van der Waals surface area contributed by atoms with Gasteiger partial charge < -0.3 is 9.30 Å². The Labute approximate surface area is 89.6 Å². The fourth-order valence-electron chi connectivity index (χ4n) is 1.13. The Morgan fingerprint density at radius 3 is 2.87 bits per heavy atom. The molecule has 0 amide bonds. The van der Waals surface area contributed by atoms with Crippen LogP contribution in [0.4, 0.5) is 0 Å². The first-order valence-corrected chi connectivity index (χ1v) is 4.95. The molecule has 0 spiro atoms. The van der Waals surface area contributed by atoms with Crippen LogP contribution in [0, 0.1) is 0 Å². The van der Waals surface area contributed by atoms with Crippen LogP contribution in [0.25, 0.3) is 0 Å². The van der Waals surface area contributed by atoms with E-state index in [4.69, 9.17) is 4.74 Å². The van der Waals surface area contributed by atoms with Crippen molar-refractivity contribution in [2.75, 3.05) is 0 Å². The molecule has 1 rings (SSSR count). The normalized spacial score (nSPS) is 12.1. The molecule has 0 radical (unpaired) electrons. The molecule has 15 heavy (non-hydrogen) atoms. The van der Waals surface area contributed by atoms with Gasteiger partial charge in [0.25, 0.3) is 0 Å². The molecule has 1 heterocycles. The maximum absolute atomic E-state index is 11.3. The minimum absolute atomic E-state index is 0.122. The minimum Gasteiger partial charge on any atom is -0.457 e. The summed E-state index contributed by atoms with van der Waals surface area (Å²) < 4.78 is 7.14. The lowest BCUT2D eigenvalue weighted by Crippen LogP contribution is -2.22. The third-order valence-electron chi connectivity index (χ3n) is 2.05. The highest BCUT2D eigenvalue weighted by atomic mass is 16.5. The monoisotopic (exact) mass is 208 g/mol. The molecule has 1 unspecified atom stereocenters. The van der Waals surface area contributed by atoms with Gasteiger partial charge in [-0.15, -0.1) is 0 Å². The number of esters is 1. The number of ether oxygens (including phenoxy) is 1. The van der Waals surface area contributed by atoms with Crippen LogP contribution in [-0.2, 0) is 16.1 Å². The molecule has 0 bridgehead atoms. The molecule has 4 nitrogen and oxygen atoms in total. The first kappa shape index (κ1) is 11.5. The topological polar surface area (TPSA) is 44.1 Å². The highest BCUT2D eigenvalue weighted by molar-refractivity contribution is 5.87. The van der Waals surface area contributed by atoms with E-state index < -0.39 is 0 Å². The van der Waals surface area contributed by atoms with Crippen LogP contribution < -0.4 is 0 Å². The molecule has 0 N–H and O–H groups in total. The Hall–Kier alpha value is -1.58. The first-order valence-electron chi connectivity index (χ1n) is 4.95. The van der Waals surface area contributed by atoms with Crippen LogP contribution >= 0.6 is 0 Å². The van der Waals surface area contributed by atoms with Crippen molar-refractivity contribution >= 4 is 5.97 Å². The van der Waals surface area contributed by atoms with Gasteiger partial charge in [0.15, 0.2) is 0 Å². The third kappa shape index (κ3) is 3.58. The summed E-state index contributed by atoms with van der Waals surface area (Å²) in [7, 11) is 0. The lowest BCUT2D eigenvalue weighted by atomic mass is 10.2. The number of imidazole rings is 1. The molecule has 0 fully saturated rings. The first-order chi connectivity index (χ1) is 7.13. The lowest BCUT2D eigenvalue weighted by molar-refractivity contribution is -0.145. The van der Waals surface area contributed by atoms with E-state index in [1.165, 1.54) is 0 Å². The van der Waals surface area contributed by atoms with Crippen molar-refractivity contribution in [1.29, 1.82) is 0 Å². The van der Waals surface area contributed by atoms with E-state index >= 15 is 0 Å². The fraction of sp³-hybridized carbons (Fsp3) is 0.455. The van der Waals surface area contributed by atoms with Crippen molar-refractivity contribution < 1.29 is 9.53 Å². The van der Waals surface area contributed by atoms with Crippen LogP contribution in [0.3, 0.4) is 0 Å². The van der Waals surface area contributed by atoms with Gasteiger partial charge in [-0.3, -0.25) is 0 Å². The average Bonchev–Trinajstić information content (AvgIpc) is 2.69. The van der Waals surface area contributed by atoms with Gasteiger partial charge in [-0.05, 0) is 13.3 Å². The summed E-state index contributed by atoms with van der Waals surface area (Å²) in [6.45, 7) is 7.80.